The van der Waals surface area contributed by atoms with Crippen LogP contribution >= 0.6 is 0 Å². The second kappa shape index (κ2) is 5.89. The van der Waals surface area contributed by atoms with E-state index < -0.39 is 0 Å². The molecule has 0 spiro atoms. The summed E-state index contributed by atoms with van der Waals surface area (Å²) in [7, 11) is 0. The smallest absolute Gasteiger partial charge is 0.123 e. The lowest BCUT2D eigenvalue weighted by atomic mass is 10.2. The number of benzene rings is 2. The van der Waals surface area contributed by atoms with Crippen molar-refractivity contribution in [3.8, 4) is 0 Å². The van der Waals surface area contributed by atoms with E-state index in [9.17, 15) is 4.39 Å². The highest BCUT2D eigenvalue weighted by Gasteiger charge is 1.92. The van der Waals surface area contributed by atoms with Crippen molar-refractivity contribution in [3.63, 3.8) is 0 Å². The number of rotatable bonds is 4. The molecule has 0 fully saturated rings. The summed E-state index contributed by atoms with van der Waals surface area (Å²) in [6.07, 6.45) is 0. The fraction of sp³-hybridized carbons (Fsp3) is 0.143. The summed E-state index contributed by atoms with van der Waals surface area (Å²) >= 11 is 0. The van der Waals surface area contributed by atoms with E-state index >= 15 is 0 Å². The molecule has 0 bridgehead atoms. The van der Waals surface area contributed by atoms with Crippen molar-refractivity contribution >= 4 is 0 Å². The zero-order valence-electron chi connectivity index (χ0n) is 9.38. The number of nitrogens with zero attached hydrogens (tertiary/aromatic N) is 2. The highest BCUT2D eigenvalue weighted by atomic mass is 19.1. The van der Waals surface area contributed by atoms with Gasteiger partial charge in [-0.1, -0.05) is 42.5 Å². The van der Waals surface area contributed by atoms with Crippen LogP contribution in [0.4, 0.5) is 4.39 Å². The zero-order chi connectivity index (χ0) is 11.9. The third-order valence-electron chi connectivity index (χ3n) is 2.36. The molecule has 17 heavy (non-hydrogen) atoms. The topological polar surface area (TPSA) is 24.7 Å². The minimum atomic E-state index is -0.227. The standard InChI is InChI=1S/C14H13FN2/c15-14-8-6-13(7-9-14)11-17-16-10-12-4-2-1-3-5-12/h1-9H,10-11H2. The van der Waals surface area contributed by atoms with Gasteiger partial charge in [-0.3, -0.25) is 0 Å². The van der Waals surface area contributed by atoms with Crippen molar-refractivity contribution in [2.24, 2.45) is 10.2 Å². The van der Waals surface area contributed by atoms with Crippen molar-refractivity contribution < 1.29 is 4.39 Å². The van der Waals surface area contributed by atoms with Gasteiger partial charge in [-0.05, 0) is 23.3 Å². The molecule has 2 aromatic rings. The zero-order valence-corrected chi connectivity index (χ0v) is 9.38. The molecule has 0 unspecified atom stereocenters. The van der Waals surface area contributed by atoms with Crippen molar-refractivity contribution in [2.75, 3.05) is 0 Å². The number of hydrogen-bond donors (Lipinski definition) is 0. The van der Waals surface area contributed by atoms with Gasteiger partial charge in [0.15, 0.2) is 0 Å². The van der Waals surface area contributed by atoms with Gasteiger partial charge in [0.2, 0.25) is 0 Å². The lowest BCUT2D eigenvalue weighted by molar-refractivity contribution is 0.627. The van der Waals surface area contributed by atoms with E-state index in [1.165, 1.54) is 12.1 Å². The lowest BCUT2D eigenvalue weighted by Gasteiger charge is -1.96. The largest absolute Gasteiger partial charge is 0.207 e. The molecule has 3 heteroatoms. The van der Waals surface area contributed by atoms with E-state index in [4.69, 9.17) is 0 Å². The van der Waals surface area contributed by atoms with Gasteiger partial charge in [-0.25, -0.2) is 4.39 Å². The monoisotopic (exact) mass is 228 g/mol. The summed E-state index contributed by atoms with van der Waals surface area (Å²) in [6.45, 7) is 1.08. The quantitative estimate of drug-likeness (QED) is 0.707. The second-order valence-electron chi connectivity index (χ2n) is 3.71. The Kier molecular flexibility index (Phi) is 3.97. The van der Waals surface area contributed by atoms with Crippen LogP contribution in [0.25, 0.3) is 0 Å². The maximum absolute atomic E-state index is 12.6. The van der Waals surface area contributed by atoms with Crippen molar-refractivity contribution in [1.82, 2.24) is 0 Å². The lowest BCUT2D eigenvalue weighted by Crippen LogP contribution is -1.82. The van der Waals surface area contributed by atoms with Crippen molar-refractivity contribution in [3.05, 3.63) is 71.5 Å². The Hall–Kier alpha value is -2.03. The Balaban J connectivity index is 1.84. The molecular formula is C14H13FN2. The Morgan fingerprint density at radius 2 is 1.24 bits per heavy atom. The van der Waals surface area contributed by atoms with Crippen LogP contribution in [0, 0.1) is 5.82 Å². The van der Waals surface area contributed by atoms with Gasteiger partial charge in [-0.2, -0.15) is 10.2 Å². The van der Waals surface area contributed by atoms with Gasteiger partial charge in [0.25, 0.3) is 0 Å². The predicted molar refractivity (Wildman–Crippen MR) is 65.1 cm³/mol. The van der Waals surface area contributed by atoms with E-state index in [-0.39, 0.29) is 5.82 Å². The van der Waals surface area contributed by atoms with Gasteiger partial charge in [-0.15, -0.1) is 0 Å². The molecule has 2 aromatic carbocycles. The van der Waals surface area contributed by atoms with Gasteiger partial charge in [0, 0.05) is 0 Å². The molecule has 0 aromatic heterocycles. The minimum Gasteiger partial charge on any atom is -0.207 e. The van der Waals surface area contributed by atoms with Gasteiger partial charge in [0.1, 0.15) is 5.82 Å². The Bertz CT molecular complexity index is 477. The van der Waals surface area contributed by atoms with E-state index in [0.717, 1.165) is 11.1 Å². The number of halogens is 1. The third kappa shape index (κ3) is 3.79. The molecule has 0 aliphatic carbocycles. The molecule has 0 heterocycles. The minimum absolute atomic E-state index is 0.227. The second-order valence-corrected chi connectivity index (χ2v) is 3.71. The van der Waals surface area contributed by atoms with Crippen molar-refractivity contribution in [2.45, 2.75) is 13.1 Å². The van der Waals surface area contributed by atoms with Crippen LogP contribution in [-0.4, -0.2) is 0 Å². The molecule has 0 saturated carbocycles. The van der Waals surface area contributed by atoms with E-state index in [2.05, 4.69) is 10.2 Å². The van der Waals surface area contributed by atoms with Gasteiger partial charge >= 0.3 is 0 Å². The van der Waals surface area contributed by atoms with Crippen LogP contribution in [0.1, 0.15) is 11.1 Å². The highest BCUT2D eigenvalue weighted by Crippen LogP contribution is 2.05. The highest BCUT2D eigenvalue weighted by molar-refractivity contribution is 5.16. The first-order valence-corrected chi connectivity index (χ1v) is 5.46. The molecule has 0 saturated heterocycles. The maximum Gasteiger partial charge on any atom is 0.123 e. The summed E-state index contributed by atoms with van der Waals surface area (Å²) in [5, 5.41) is 8.16. The summed E-state index contributed by atoms with van der Waals surface area (Å²) in [5.41, 5.74) is 2.10. The average molecular weight is 228 g/mol. The van der Waals surface area contributed by atoms with Gasteiger partial charge < -0.3 is 0 Å². The van der Waals surface area contributed by atoms with E-state index in [1.807, 2.05) is 30.3 Å². The molecule has 0 amide bonds. The Morgan fingerprint density at radius 1 is 0.706 bits per heavy atom. The summed E-state index contributed by atoms with van der Waals surface area (Å²) in [5.74, 6) is -0.227. The van der Waals surface area contributed by atoms with Crippen LogP contribution in [0.2, 0.25) is 0 Å². The molecule has 0 atom stereocenters. The van der Waals surface area contributed by atoms with Crippen LogP contribution in [0.5, 0.6) is 0 Å². The van der Waals surface area contributed by atoms with Crippen LogP contribution in [-0.2, 0) is 13.1 Å². The van der Waals surface area contributed by atoms with Crippen LogP contribution < -0.4 is 0 Å². The predicted octanol–water partition coefficient (Wildman–Crippen LogP) is 3.98. The summed E-state index contributed by atoms with van der Waals surface area (Å²) in [4.78, 5) is 0. The number of azo groups is 1. The first-order chi connectivity index (χ1) is 8.34. The van der Waals surface area contributed by atoms with Gasteiger partial charge in [0.05, 0.1) is 13.1 Å². The molecule has 2 nitrogen and oxygen atoms in total. The van der Waals surface area contributed by atoms with E-state index in [1.54, 1.807) is 12.1 Å². The van der Waals surface area contributed by atoms with E-state index in [0.29, 0.717) is 13.1 Å². The molecule has 0 radical (unpaired) electrons. The number of hydrogen-bond acceptors (Lipinski definition) is 2. The summed E-state index contributed by atoms with van der Waals surface area (Å²) in [6, 6.07) is 16.3. The molecule has 0 aliphatic heterocycles. The molecular weight excluding hydrogens is 215 g/mol. The fourth-order valence-corrected chi connectivity index (χ4v) is 1.44. The Labute approximate surface area is 99.8 Å². The Morgan fingerprint density at radius 3 is 1.82 bits per heavy atom. The normalized spacial score (nSPS) is 10.9. The van der Waals surface area contributed by atoms with Crippen LogP contribution in [0.15, 0.2) is 64.8 Å². The van der Waals surface area contributed by atoms with Crippen LogP contribution in [0.3, 0.4) is 0 Å². The third-order valence-corrected chi connectivity index (χ3v) is 2.36. The fourth-order valence-electron chi connectivity index (χ4n) is 1.44. The first-order valence-electron chi connectivity index (χ1n) is 5.46. The summed E-state index contributed by atoms with van der Waals surface area (Å²) < 4.78 is 12.6. The molecule has 2 rings (SSSR count). The molecule has 0 aliphatic rings. The SMILES string of the molecule is Fc1ccc(CN=NCc2ccccc2)cc1. The first kappa shape index (κ1) is 11.5. The molecule has 0 N–H and O–H groups in total. The molecule has 86 valence electrons. The maximum atomic E-state index is 12.6. The van der Waals surface area contributed by atoms with Crippen molar-refractivity contribution in [1.29, 1.82) is 0 Å². The average Bonchev–Trinajstić information content (AvgIpc) is 2.38.